The van der Waals surface area contributed by atoms with Gasteiger partial charge in [0, 0.05) is 59.8 Å². The van der Waals surface area contributed by atoms with Gasteiger partial charge in [-0.1, -0.05) is 180 Å². The maximum atomic E-state index is 13.1. The van der Waals surface area contributed by atoms with Crippen LogP contribution in [0.5, 0.6) is 0 Å². The van der Waals surface area contributed by atoms with Gasteiger partial charge >= 0.3 is 0 Å². The van der Waals surface area contributed by atoms with Crippen LogP contribution in [0.4, 0.5) is 0 Å². The summed E-state index contributed by atoms with van der Waals surface area (Å²) >= 11 is 0. The summed E-state index contributed by atoms with van der Waals surface area (Å²) in [6, 6.07) is 91.0. The van der Waals surface area contributed by atoms with Crippen LogP contribution >= 0.6 is 0 Å². The van der Waals surface area contributed by atoms with Gasteiger partial charge in [-0.15, -0.1) is 0 Å². The van der Waals surface area contributed by atoms with Gasteiger partial charge in [-0.3, -0.25) is 0 Å². The Morgan fingerprint density at radius 3 is 0.927 bits per heavy atom. The lowest BCUT2D eigenvalue weighted by molar-refractivity contribution is 1.02. The predicted octanol–water partition coefficient (Wildman–Crippen LogP) is 19.6. The smallest absolute Gasteiger partial charge is 0.102 e. The second kappa shape index (κ2) is 18.2. The summed E-state index contributed by atoms with van der Waals surface area (Å²) in [6.45, 7) is 8.70. The van der Waals surface area contributed by atoms with E-state index >= 15 is 0 Å². The van der Waals surface area contributed by atoms with E-state index in [1.165, 1.54) is 16.7 Å². The fourth-order valence-electron chi connectivity index (χ4n) is 13.4. The highest BCUT2D eigenvalue weighted by molar-refractivity contribution is 6.17. The van der Waals surface area contributed by atoms with Gasteiger partial charge in [0.1, 0.15) is 6.07 Å². The van der Waals surface area contributed by atoms with Crippen LogP contribution in [0.3, 0.4) is 0 Å². The largest absolute Gasteiger partial charge is 0.306 e. The number of aryl methyl sites for hydroxylation is 4. The van der Waals surface area contributed by atoms with Gasteiger partial charge in [0.2, 0.25) is 0 Å². The van der Waals surface area contributed by atoms with Crippen molar-refractivity contribution in [2.24, 2.45) is 0 Å². The molecule has 0 saturated heterocycles. The molecule has 0 bridgehead atoms. The quantitative estimate of drug-likeness (QED) is 0.160. The third-order valence-electron chi connectivity index (χ3n) is 17.0. The molecule has 0 amide bonds. The summed E-state index contributed by atoms with van der Waals surface area (Å²) in [6.07, 6.45) is 0. The number of benzene rings is 11. The van der Waals surface area contributed by atoms with Gasteiger partial charge in [0.05, 0.1) is 83.8 Å². The fourth-order valence-corrected chi connectivity index (χ4v) is 13.4. The Balaban J connectivity index is 1.27. The molecular weight excluding hydrogens is 997 g/mol. The van der Waals surface area contributed by atoms with Crippen LogP contribution in [-0.2, 0) is 0 Å². The number of hydrogen-bond acceptors (Lipinski definition) is 2. The van der Waals surface area contributed by atoms with Crippen molar-refractivity contribution in [1.82, 2.24) is 23.3 Å². The number of fused-ring (bicyclic) bond motifs is 12. The molecule has 11 aromatic carbocycles. The molecule has 386 valence electrons. The maximum Gasteiger partial charge on any atom is 0.102 e. The highest BCUT2D eigenvalue weighted by atomic mass is 15.1. The van der Waals surface area contributed by atoms with Gasteiger partial charge in [0.15, 0.2) is 0 Å². The molecule has 16 aromatic rings. The van der Waals surface area contributed by atoms with Crippen molar-refractivity contribution in [2.75, 3.05) is 0 Å². The normalized spacial score (nSPS) is 11.9. The van der Waals surface area contributed by atoms with Crippen molar-refractivity contribution >= 4 is 87.2 Å². The minimum atomic E-state index is 0.522. The summed E-state index contributed by atoms with van der Waals surface area (Å²) in [5, 5.41) is 22.1. The second-order valence-electron chi connectivity index (χ2n) is 22.1. The number of pyridine rings is 1. The number of hydrogen-bond donors (Lipinski definition) is 0. The van der Waals surface area contributed by atoms with E-state index in [1.54, 1.807) is 0 Å². The van der Waals surface area contributed by atoms with Crippen molar-refractivity contribution in [3.8, 4) is 62.5 Å². The molecule has 0 radical (unpaired) electrons. The van der Waals surface area contributed by atoms with Crippen LogP contribution in [0.25, 0.3) is 144 Å². The van der Waals surface area contributed by atoms with E-state index in [4.69, 9.17) is 4.98 Å². The van der Waals surface area contributed by atoms with Crippen LogP contribution in [0.15, 0.2) is 243 Å². The van der Waals surface area contributed by atoms with Gasteiger partial charge < -0.3 is 18.3 Å². The van der Waals surface area contributed by atoms with Crippen molar-refractivity contribution in [1.29, 1.82) is 5.26 Å². The van der Waals surface area contributed by atoms with Crippen LogP contribution in [0.2, 0.25) is 0 Å². The average molecular weight is 1050 g/mol. The first kappa shape index (κ1) is 47.3. The van der Waals surface area contributed by atoms with Gasteiger partial charge in [-0.25, -0.2) is 4.98 Å². The van der Waals surface area contributed by atoms with Crippen LogP contribution in [0.1, 0.15) is 27.8 Å². The highest BCUT2D eigenvalue weighted by Gasteiger charge is 2.35. The van der Waals surface area contributed by atoms with Gasteiger partial charge in [-0.2, -0.15) is 5.26 Å². The summed E-state index contributed by atoms with van der Waals surface area (Å²) in [5.74, 6) is 0. The molecule has 16 rings (SSSR count). The molecule has 0 atom stereocenters. The number of aromatic nitrogens is 5. The van der Waals surface area contributed by atoms with Crippen molar-refractivity contribution in [3.05, 3.63) is 270 Å². The summed E-state index contributed by atoms with van der Waals surface area (Å²) < 4.78 is 9.91. The Labute approximate surface area is 473 Å². The van der Waals surface area contributed by atoms with E-state index in [2.05, 4.69) is 295 Å². The zero-order chi connectivity index (χ0) is 54.9. The van der Waals surface area contributed by atoms with E-state index in [-0.39, 0.29) is 0 Å². The average Bonchev–Trinajstić information content (AvgIpc) is 3.27. The van der Waals surface area contributed by atoms with E-state index < -0.39 is 0 Å². The van der Waals surface area contributed by atoms with E-state index in [0.717, 1.165) is 149 Å². The molecule has 5 aromatic heterocycles. The Hall–Kier alpha value is -10.7. The lowest BCUT2D eigenvalue weighted by Gasteiger charge is -2.29. The molecule has 82 heavy (non-hydrogen) atoms. The Kier molecular flexibility index (Phi) is 10.5. The van der Waals surface area contributed by atoms with Crippen molar-refractivity contribution in [3.63, 3.8) is 0 Å². The third-order valence-corrected chi connectivity index (χ3v) is 17.0. The SMILES string of the molecule is Cc1ccc2c(c1)c1ccccc1n2-c1c(C#N)c(-c2cc(-c3ccccc3)nc(-c3ccccc3)c2)c(-n2c3ccccc3c3cc(C)ccc32)c(-n2c3ccccc3c3cc(C)ccc32)c1-n1c2ccccc2c2cc(C)ccc21. The van der Waals surface area contributed by atoms with Crippen molar-refractivity contribution < 1.29 is 0 Å². The predicted molar refractivity (Wildman–Crippen MR) is 342 cm³/mol. The number of nitrogens with zero attached hydrogens (tertiary/aromatic N) is 6. The Morgan fingerprint density at radius 1 is 0.280 bits per heavy atom. The van der Waals surface area contributed by atoms with Crippen LogP contribution in [0, 0.1) is 39.0 Å². The Bertz CT molecular complexity index is 5330. The number of para-hydroxylation sites is 4. The van der Waals surface area contributed by atoms with Crippen molar-refractivity contribution in [2.45, 2.75) is 27.7 Å². The first-order chi connectivity index (χ1) is 40.3. The molecule has 0 saturated carbocycles. The molecule has 0 aliphatic heterocycles. The lowest BCUT2D eigenvalue weighted by atomic mass is 9.91. The molecule has 5 heterocycles. The van der Waals surface area contributed by atoms with E-state index in [1.807, 2.05) is 0 Å². The topological polar surface area (TPSA) is 56.4 Å². The minimum Gasteiger partial charge on any atom is -0.306 e. The molecule has 0 aliphatic carbocycles. The summed E-state index contributed by atoms with van der Waals surface area (Å²) in [5.41, 5.74) is 22.0. The number of nitriles is 1. The highest BCUT2D eigenvalue weighted by Crippen LogP contribution is 2.52. The standard InChI is InChI=1S/C76H52N6/c1-46-31-35-68-57(39-46)53-23-11-15-27-64(53)79(68)73-61(45-77)72(52-43-62(50-19-7-5-8-20-50)78-63(44-52)51-21-9-6-10-22-51)74(80-65-28-16-12-24-54(65)58-40-47(2)32-36-69(58)80)76(82-67-30-18-14-26-56(67)60-42-49(4)34-38-71(60)82)75(73)81-66-29-17-13-25-55(66)59-41-48(3)33-37-70(59)81/h5-44H,1-4H3. The minimum absolute atomic E-state index is 0.522. The molecule has 0 fully saturated rings. The van der Waals surface area contributed by atoms with E-state index in [9.17, 15) is 5.26 Å². The molecule has 0 unspecified atom stereocenters. The van der Waals surface area contributed by atoms with Gasteiger partial charge in [-0.05, 0) is 118 Å². The molecule has 0 aliphatic rings. The lowest BCUT2D eigenvalue weighted by Crippen LogP contribution is -2.17. The zero-order valence-corrected chi connectivity index (χ0v) is 45.8. The summed E-state index contributed by atoms with van der Waals surface area (Å²) in [4.78, 5) is 5.51. The van der Waals surface area contributed by atoms with Gasteiger partial charge in [0.25, 0.3) is 0 Å². The first-order valence-corrected chi connectivity index (χ1v) is 28.1. The summed E-state index contributed by atoms with van der Waals surface area (Å²) in [7, 11) is 0. The monoisotopic (exact) mass is 1050 g/mol. The zero-order valence-electron chi connectivity index (χ0n) is 45.8. The van der Waals surface area contributed by atoms with E-state index in [0.29, 0.717) is 5.56 Å². The Morgan fingerprint density at radius 2 is 0.573 bits per heavy atom. The molecule has 6 nitrogen and oxygen atoms in total. The first-order valence-electron chi connectivity index (χ1n) is 28.1. The second-order valence-corrected chi connectivity index (χ2v) is 22.1. The molecule has 0 spiro atoms. The number of rotatable bonds is 7. The van der Waals surface area contributed by atoms with Crippen LogP contribution in [-0.4, -0.2) is 23.3 Å². The third kappa shape index (κ3) is 6.96. The fraction of sp³-hybridized carbons (Fsp3) is 0.0526. The molecular formula is C76H52N6. The molecule has 0 N–H and O–H groups in total. The van der Waals surface area contributed by atoms with Crippen LogP contribution < -0.4 is 0 Å². The molecule has 6 heteroatoms. The maximum absolute atomic E-state index is 13.1.